The third kappa shape index (κ3) is 2.19. The van der Waals surface area contributed by atoms with Gasteiger partial charge in [-0.25, -0.2) is 0 Å². The summed E-state index contributed by atoms with van der Waals surface area (Å²) in [5.74, 6) is 1.95. The van der Waals surface area contributed by atoms with Gasteiger partial charge in [0.15, 0.2) is 0 Å². The van der Waals surface area contributed by atoms with Crippen molar-refractivity contribution in [3.63, 3.8) is 0 Å². The maximum Gasteiger partial charge on any atom is 0.141 e. The second-order valence-corrected chi connectivity index (χ2v) is 3.46. The molecule has 0 N–H and O–H groups in total. The summed E-state index contributed by atoms with van der Waals surface area (Å²) in [6.07, 6.45) is 0. The van der Waals surface area contributed by atoms with Gasteiger partial charge in [-0.2, -0.15) is 0 Å². The molecule has 1 aromatic rings. The molecule has 0 bridgehead atoms. The summed E-state index contributed by atoms with van der Waals surface area (Å²) < 4.78 is 15.4. The molecule has 3 nitrogen and oxygen atoms in total. The van der Waals surface area contributed by atoms with Gasteiger partial charge in [0.2, 0.25) is 0 Å². The van der Waals surface area contributed by atoms with E-state index < -0.39 is 0 Å². The predicted molar refractivity (Wildman–Crippen MR) is 57.8 cm³/mol. The fourth-order valence-corrected chi connectivity index (χ4v) is 1.94. The molecule has 5 heteroatoms. The van der Waals surface area contributed by atoms with E-state index in [1.165, 1.54) is 0 Å². The SMILES string of the molecule is COc1cc(OC)c(SCl)c(OC)c1. The van der Waals surface area contributed by atoms with Crippen molar-refractivity contribution in [2.24, 2.45) is 0 Å². The van der Waals surface area contributed by atoms with Crippen LogP contribution in [0.15, 0.2) is 17.0 Å². The first-order valence-electron chi connectivity index (χ1n) is 3.85. The third-order valence-electron chi connectivity index (χ3n) is 1.75. The molecule has 0 aromatic heterocycles. The van der Waals surface area contributed by atoms with Gasteiger partial charge in [0.25, 0.3) is 0 Å². The molecule has 14 heavy (non-hydrogen) atoms. The van der Waals surface area contributed by atoms with E-state index in [-0.39, 0.29) is 0 Å². The molecule has 0 radical (unpaired) electrons. The number of ether oxygens (including phenoxy) is 3. The molecule has 0 atom stereocenters. The Kier molecular flexibility index (Phi) is 4.22. The van der Waals surface area contributed by atoms with E-state index >= 15 is 0 Å². The van der Waals surface area contributed by atoms with Crippen LogP contribution in [0.25, 0.3) is 0 Å². The van der Waals surface area contributed by atoms with Crippen molar-refractivity contribution in [3.05, 3.63) is 12.1 Å². The quantitative estimate of drug-likeness (QED) is 0.801. The van der Waals surface area contributed by atoms with E-state index in [0.29, 0.717) is 17.2 Å². The monoisotopic (exact) mass is 234 g/mol. The van der Waals surface area contributed by atoms with E-state index in [9.17, 15) is 0 Å². The highest BCUT2D eigenvalue weighted by Crippen LogP contribution is 2.42. The lowest BCUT2D eigenvalue weighted by atomic mass is 10.3. The van der Waals surface area contributed by atoms with Crippen LogP contribution in [0, 0.1) is 0 Å². The van der Waals surface area contributed by atoms with Gasteiger partial charge in [0.1, 0.15) is 22.1 Å². The normalized spacial score (nSPS) is 9.71. The summed E-state index contributed by atoms with van der Waals surface area (Å²) in [6, 6.07) is 3.51. The maximum absolute atomic E-state index is 5.71. The van der Waals surface area contributed by atoms with Crippen LogP contribution in [-0.2, 0) is 0 Å². The highest BCUT2D eigenvalue weighted by Gasteiger charge is 2.12. The first-order chi connectivity index (χ1) is 6.76. The molecule has 78 valence electrons. The van der Waals surface area contributed by atoms with Crippen LogP contribution in [0.4, 0.5) is 0 Å². The van der Waals surface area contributed by atoms with E-state index in [4.69, 9.17) is 24.9 Å². The lowest BCUT2D eigenvalue weighted by Gasteiger charge is -2.11. The van der Waals surface area contributed by atoms with E-state index in [1.54, 1.807) is 33.5 Å². The Hall–Kier alpha value is -0.740. The molecule has 0 aliphatic carbocycles. The Morgan fingerprint density at radius 2 is 1.50 bits per heavy atom. The minimum absolute atomic E-state index is 0.640. The van der Waals surface area contributed by atoms with Gasteiger partial charge in [0, 0.05) is 12.1 Å². The van der Waals surface area contributed by atoms with Gasteiger partial charge in [-0.1, -0.05) is 0 Å². The molecule has 0 spiro atoms. The van der Waals surface area contributed by atoms with Gasteiger partial charge in [-0.3, -0.25) is 0 Å². The summed E-state index contributed by atoms with van der Waals surface area (Å²) in [4.78, 5) is 0.748. The summed E-state index contributed by atoms with van der Waals surface area (Å²) in [6.45, 7) is 0. The molecule has 1 aromatic carbocycles. The summed E-state index contributed by atoms with van der Waals surface area (Å²) in [7, 11) is 11.5. The van der Waals surface area contributed by atoms with Gasteiger partial charge in [0.05, 0.1) is 21.3 Å². The zero-order valence-electron chi connectivity index (χ0n) is 8.17. The molecule has 0 saturated heterocycles. The molecular formula is C9H11ClO3S. The van der Waals surface area contributed by atoms with Crippen molar-refractivity contribution in [1.29, 1.82) is 0 Å². The Balaban J connectivity index is 3.24. The van der Waals surface area contributed by atoms with Crippen LogP contribution in [0.3, 0.4) is 0 Å². The van der Waals surface area contributed by atoms with Crippen molar-refractivity contribution < 1.29 is 14.2 Å². The lowest BCUT2D eigenvalue weighted by Crippen LogP contribution is -1.93. The fourth-order valence-electron chi connectivity index (χ4n) is 1.05. The van der Waals surface area contributed by atoms with Crippen LogP contribution in [-0.4, -0.2) is 21.3 Å². The molecule has 0 amide bonds. The van der Waals surface area contributed by atoms with Crippen LogP contribution >= 0.6 is 21.7 Å². The molecule has 0 saturated carbocycles. The van der Waals surface area contributed by atoms with Gasteiger partial charge >= 0.3 is 0 Å². The number of halogens is 1. The van der Waals surface area contributed by atoms with Crippen LogP contribution in [0.5, 0.6) is 17.2 Å². The van der Waals surface area contributed by atoms with Crippen molar-refractivity contribution in [2.45, 2.75) is 4.90 Å². The van der Waals surface area contributed by atoms with E-state index in [0.717, 1.165) is 15.9 Å². The number of benzene rings is 1. The fraction of sp³-hybridized carbons (Fsp3) is 0.333. The summed E-state index contributed by atoms with van der Waals surface area (Å²) in [5, 5.41) is 0. The minimum Gasteiger partial charge on any atom is -0.496 e. The van der Waals surface area contributed by atoms with Crippen molar-refractivity contribution in [1.82, 2.24) is 0 Å². The molecule has 0 heterocycles. The maximum atomic E-state index is 5.71. The number of hydrogen-bond acceptors (Lipinski definition) is 4. The van der Waals surface area contributed by atoms with E-state index in [2.05, 4.69) is 0 Å². The molecule has 0 aliphatic rings. The average Bonchev–Trinajstić information content (AvgIpc) is 2.26. The Morgan fingerprint density at radius 3 is 1.79 bits per heavy atom. The Morgan fingerprint density at radius 1 is 1.00 bits per heavy atom. The van der Waals surface area contributed by atoms with Gasteiger partial charge in [-0.05, 0) is 21.7 Å². The van der Waals surface area contributed by atoms with Crippen molar-refractivity contribution in [3.8, 4) is 17.2 Å². The largest absolute Gasteiger partial charge is 0.496 e. The third-order valence-corrected chi connectivity index (χ3v) is 2.77. The van der Waals surface area contributed by atoms with Crippen LogP contribution < -0.4 is 14.2 Å². The minimum atomic E-state index is 0.640. The van der Waals surface area contributed by atoms with Crippen LogP contribution in [0.2, 0.25) is 0 Å². The first kappa shape index (κ1) is 11.3. The highest BCUT2D eigenvalue weighted by molar-refractivity contribution is 8.21. The van der Waals surface area contributed by atoms with Crippen molar-refractivity contribution >= 4 is 21.7 Å². The standard InChI is InChI=1S/C9H11ClO3S/c1-11-6-4-7(12-2)9(14-10)8(5-6)13-3/h4-5H,1-3H3. The lowest BCUT2D eigenvalue weighted by molar-refractivity contribution is 0.362. The number of rotatable bonds is 4. The first-order valence-corrected chi connectivity index (χ1v) is 5.49. The molecule has 0 fully saturated rings. The smallest absolute Gasteiger partial charge is 0.141 e. The zero-order valence-corrected chi connectivity index (χ0v) is 9.74. The topological polar surface area (TPSA) is 27.7 Å². The van der Waals surface area contributed by atoms with E-state index in [1.807, 2.05) is 0 Å². The molecule has 0 unspecified atom stereocenters. The Bertz CT molecular complexity index is 292. The van der Waals surface area contributed by atoms with Crippen LogP contribution in [0.1, 0.15) is 0 Å². The summed E-state index contributed by atoms with van der Waals surface area (Å²) in [5.41, 5.74) is 0. The van der Waals surface area contributed by atoms with Gasteiger partial charge in [-0.15, -0.1) is 0 Å². The van der Waals surface area contributed by atoms with Gasteiger partial charge < -0.3 is 14.2 Å². The number of methoxy groups -OCH3 is 3. The molecule has 1 rings (SSSR count). The van der Waals surface area contributed by atoms with Crippen molar-refractivity contribution in [2.75, 3.05) is 21.3 Å². The zero-order chi connectivity index (χ0) is 10.6. The second-order valence-electron chi connectivity index (χ2n) is 2.44. The Labute approximate surface area is 91.8 Å². The average molecular weight is 235 g/mol. The highest BCUT2D eigenvalue weighted by atomic mass is 35.7. The molecular weight excluding hydrogens is 224 g/mol. The second kappa shape index (κ2) is 5.22. The number of hydrogen-bond donors (Lipinski definition) is 0. The molecule has 0 aliphatic heterocycles. The predicted octanol–water partition coefficient (Wildman–Crippen LogP) is 2.96. The summed E-state index contributed by atoms with van der Waals surface area (Å²) >= 11 is 0.